The molecule has 2 unspecified atom stereocenters. The van der Waals surface area contributed by atoms with Crippen molar-refractivity contribution in [2.45, 2.75) is 25.5 Å². The standard InChI is InChI=1S/C11H16BrNO/c1-8(14-2)11(13)7-9-3-5-10(12)6-4-9/h3-6,8,11H,7,13H2,1-2H3. The van der Waals surface area contributed by atoms with Gasteiger partial charge in [-0.05, 0) is 31.0 Å². The number of benzene rings is 1. The van der Waals surface area contributed by atoms with Gasteiger partial charge in [0.25, 0.3) is 0 Å². The minimum absolute atomic E-state index is 0.0566. The van der Waals surface area contributed by atoms with E-state index in [1.807, 2.05) is 19.1 Å². The molecule has 2 nitrogen and oxygen atoms in total. The van der Waals surface area contributed by atoms with E-state index in [0.29, 0.717) is 0 Å². The third-order valence-corrected chi connectivity index (χ3v) is 2.89. The number of ether oxygens (including phenoxy) is 1. The van der Waals surface area contributed by atoms with Gasteiger partial charge in [-0.2, -0.15) is 0 Å². The van der Waals surface area contributed by atoms with E-state index in [1.54, 1.807) is 7.11 Å². The van der Waals surface area contributed by atoms with E-state index in [4.69, 9.17) is 10.5 Å². The molecule has 0 radical (unpaired) electrons. The highest BCUT2D eigenvalue weighted by Crippen LogP contribution is 2.12. The van der Waals surface area contributed by atoms with Crippen molar-refractivity contribution in [2.75, 3.05) is 7.11 Å². The highest BCUT2D eigenvalue weighted by atomic mass is 79.9. The molecule has 0 fully saturated rings. The van der Waals surface area contributed by atoms with E-state index in [0.717, 1.165) is 10.9 Å². The first-order valence-corrected chi connectivity index (χ1v) is 5.45. The molecule has 0 aliphatic heterocycles. The van der Waals surface area contributed by atoms with Crippen molar-refractivity contribution in [3.63, 3.8) is 0 Å². The number of methoxy groups -OCH3 is 1. The topological polar surface area (TPSA) is 35.2 Å². The van der Waals surface area contributed by atoms with E-state index in [-0.39, 0.29) is 12.1 Å². The van der Waals surface area contributed by atoms with Gasteiger partial charge in [-0.3, -0.25) is 0 Å². The maximum absolute atomic E-state index is 5.96. The Kier molecular flexibility index (Phi) is 4.58. The summed E-state index contributed by atoms with van der Waals surface area (Å²) in [4.78, 5) is 0. The summed E-state index contributed by atoms with van der Waals surface area (Å²) in [5.41, 5.74) is 7.20. The Hall–Kier alpha value is -0.380. The summed E-state index contributed by atoms with van der Waals surface area (Å²) < 4.78 is 6.27. The molecule has 2 N–H and O–H groups in total. The Bertz CT molecular complexity index is 273. The van der Waals surface area contributed by atoms with Gasteiger partial charge in [-0.15, -0.1) is 0 Å². The second kappa shape index (κ2) is 5.49. The molecule has 78 valence electrons. The Morgan fingerprint density at radius 3 is 2.43 bits per heavy atom. The first-order chi connectivity index (χ1) is 6.63. The Morgan fingerprint density at radius 1 is 1.36 bits per heavy atom. The van der Waals surface area contributed by atoms with E-state index >= 15 is 0 Å². The smallest absolute Gasteiger partial charge is 0.0697 e. The Labute approximate surface area is 93.6 Å². The highest BCUT2D eigenvalue weighted by molar-refractivity contribution is 9.10. The minimum Gasteiger partial charge on any atom is -0.380 e. The molecule has 0 aromatic heterocycles. The summed E-state index contributed by atoms with van der Waals surface area (Å²) in [6.07, 6.45) is 0.945. The lowest BCUT2D eigenvalue weighted by atomic mass is 10.0. The van der Waals surface area contributed by atoms with Crippen molar-refractivity contribution in [2.24, 2.45) is 5.73 Å². The zero-order valence-electron chi connectivity index (χ0n) is 8.53. The summed E-state index contributed by atoms with van der Waals surface area (Å²) in [6, 6.07) is 8.26. The van der Waals surface area contributed by atoms with Crippen molar-refractivity contribution in [3.8, 4) is 0 Å². The molecule has 0 spiro atoms. The molecular weight excluding hydrogens is 242 g/mol. The second-order valence-electron chi connectivity index (χ2n) is 3.44. The number of hydrogen-bond donors (Lipinski definition) is 1. The van der Waals surface area contributed by atoms with E-state index in [1.165, 1.54) is 5.56 Å². The van der Waals surface area contributed by atoms with Gasteiger partial charge in [0.2, 0.25) is 0 Å². The van der Waals surface area contributed by atoms with Crippen LogP contribution in [0.25, 0.3) is 0 Å². The third kappa shape index (κ3) is 3.40. The van der Waals surface area contributed by atoms with Gasteiger partial charge in [0.1, 0.15) is 0 Å². The van der Waals surface area contributed by atoms with Gasteiger partial charge in [0.15, 0.2) is 0 Å². The van der Waals surface area contributed by atoms with Crippen LogP contribution in [0.2, 0.25) is 0 Å². The van der Waals surface area contributed by atoms with Gasteiger partial charge in [-0.1, -0.05) is 28.1 Å². The fraction of sp³-hybridized carbons (Fsp3) is 0.455. The van der Waals surface area contributed by atoms with Crippen LogP contribution in [0.4, 0.5) is 0 Å². The SMILES string of the molecule is COC(C)C(N)Cc1ccc(Br)cc1. The van der Waals surface area contributed by atoms with Crippen LogP contribution in [-0.4, -0.2) is 19.3 Å². The van der Waals surface area contributed by atoms with E-state index in [9.17, 15) is 0 Å². The molecule has 1 aromatic rings. The predicted molar refractivity (Wildman–Crippen MR) is 62.3 cm³/mol. The molecule has 0 bridgehead atoms. The van der Waals surface area contributed by atoms with E-state index < -0.39 is 0 Å². The van der Waals surface area contributed by atoms with Crippen LogP contribution < -0.4 is 5.73 Å². The number of nitrogens with two attached hydrogens (primary N) is 1. The molecule has 0 saturated heterocycles. The summed E-state index contributed by atoms with van der Waals surface area (Å²) >= 11 is 3.40. The molecule has 2 atom stereocenters. The zero-order valence-corrected chi connectivity index (χ0v) is 10.1. The van der Waals surface area contributed by atoms with E-state index in [2.05, 4.69) is 28.1 Å². The number of rotatable bonds is 4. The molecule has 0 heterocycles. The highest BCUT2D eigenvalue weighted by Gasteiger charge is 2.11. The average molecular weight is 258 g/mol. The van der Waals surface area contributed by atoms with Gasteiger partial charge < -0.3 is 10.5 Å². The van der Waals surface area contributed by atoms with Crippen molar-refractivity contribution < 1.29 is 4.74 Å². The normalized spacial score (nSPS) is 15.1. The lowest BCUT2D eigenvalue weighted by molar-refractivity contribution is 0.0956. The van der Waals surface area contributed by atoms with Crippen molar-refractivity contribution in [3.05, 3.63) is 34.3 Å². The lowest BCUT2D eigenvalue weighted by Gasteiger charge is -2.18. The van der Waals surface area contributed by atoms with Crippen LogP contribution in [-0.2, 0) is 11.2 Å². The maximum atomic E-state index is 5.96. The Balaban J connectivity index is 2.56. The van der Waals surface area contributed by atoms with Gasteiger partial charge >= 0.3 is 0 Å². The molecule has 0 aliphatic carbocycles. The molecular formula is C11H16BrNO. The first kappa shape index (κ1) is 11.7. The number of hydrogen-bond acceptors (Lipinski definition) is 2. The molecule has 14 heavy (non-hydrogen) atoms. The van der Waals surface area contributed by atoms with Gasteiger partial charge in [-0.25, -0.2) is 0 Å². The van der Waals surface area contributed by atoms with Gasteiger partial charge in [0.05, 0.1) is 6.10 Å². The summed E-state index contributed by atoms with van der Waals surface area (Å²) in [5.74, 6) is 0. The van der Waals surface area contributed by atoms with Crippen molar-refractivity contribution >= 4 is 15.9 Å². The average Bonchev–Trinajstić information content (AvgIpc) is 2.20. The van der Waals surface area contributed by atoms with Crippen LogP contribution >= 0.6 is 15.9 Å². The monoisotopic (exact) mass is 257 g/mol. The molecule has 3 heteroatoms. The van der Waals surface area contributed by atoms with Crippen LogP contribution in [0.3, 0.4) is 0 Å². The largest absolute Gasteiger partial charge is 0.380 e. The quantitative estimate of drug-likeness (QED) is 0.899. The molecule has 1 aromatic carbocycles. The van der Waals surface area contributed by atoms with Gasteiger partial charge in [0, 0.05) is 17.6 Å². The maximum Gasteiger partial charge on any atom is 0.0697 e. The van der Waals surface area contributed by atoms with Crippen molar-refractivity contribution in [1.29, 1.82) is 0 Å². The number of halogens is 1. The van der Waals surface area contributed by atoms with Crippen LogP contribution in [0, 0.1) is 0 Å². The molecule has 0 saturated carbocycles. The van der Waals surface area contributed by atoms with Crippen LogP contribution in [0.5, 0.6) is 0 Å². The third-order valence-electron chi connectivity index (χ3n) is 2.36. The fourth-order valence-corrected chi connectivity index (χ4v) is 1.50. The van der Waals surface area contributed by atoms with Crippen LogP contribution in [0.15, 0.2) is 28.7 Å². The lowest BCUT2D eigenvalue weighted by Crippen LogP contribution is -2.35. The zero-order chi connectivity index (χ0) is 10.6. The fourth-order valence-electron chi connectivity index (χ4n) is 1.23. The predicted octanol–water partition coefficient (Wildman–Crippen LogP) is 2.35. The summed E-state index contributed by atoms with van der Waals surface area (Å²) in [7, 11) is 1.69. The van der Waals surface area contributed by atoms with Crippen molar-refractivity contribution in [1.82, 2.24) is 0 Å². The van der Waals surface area contributed by atoms with Crippen LogP contribution in [0.1, 0.15) is 12.5 Å². The minimum atomic E-state index is 0.0566. The molecule has 0 aliphatic rings. The Morgan fingerprint density at radius 2 is 1.93 bits per heavy atom. The first-order valence-electron chi connectivity index (χ1n) is 4.66. The summed E-state index contributed by atoms with van der Waals surface area (Å²) in [5, 5.41) is 0. The molecule has 1 rings (SSSR count). The second-order valence-corrected chi connectivity index (χ2v) is 4.35. The summed E-state index contributed by atoms with van der Waals surface area (Å²) in [6.45, 7) is 1.99. The molecule has 0 amide bonds.